The average Bonchev–Trinajstić information content (AvgIpc) is 2.71. The van der Waals surface area contributed by atoms with Crippen molar-refractivity contribution in [1.29, 1.82) is 0 Å². The van der Waals surface area contributed by atoms with Crippen LogP contribution in [0.15, 0.2) is 39.5 Å². The molecule has 0 atom stereocenters. The summed E-state index contributed by atoms with van der Waals surface area (Å²) in [4.78, 5) is 11.6. The molecule has 4 nitrogen and oxygen atoms in total. The minimum Gasteiger partial charge on any atom is -0.463 e. The van der Waals surface area contributed by atoms with Crippen LogP contribution in [-0.2, 0) is 13.1 Å². The van der Waals surface area contributed by atoms with Gasteiger partial charge in [-0.3, -0.25) is 4.79 Å². The monoisotopic (exact) mass is 218 g/mol. The van der Waals surface area contributed by atoms with Crippen LogP contribution in [0.2, 0.25) is 0 Å². The van der Waals surface area contributed by atoms with Crippen molar-refractivity contribution in [2.75, 3.05) is 0 Å². The first-order chi connectivity index (χ1) is 7.70. The van der Waals surface area contributed by atoms with Crippen LogP contribution in [0.4, 0.5) is 0 Å². The second kappa shape index (κ2) is 4.37. The third kappa shape index (κ3) is 2.06. The number of hydrogen-bond donors (Lipinski definition) is 1. The van der Waals surface area contributed by atoms with Crippen molar-refractivity contribution in [3.63, 3.8) is 0 Å². The Labute approximate surface area is 93.3 Å². The number of rotatable bonds is 3. The fraction of sp³-hybridized carbons (Fsp3) is 0.250. The van der Waals surface area contributed by atoms with E-state index in [9.17, 15) is 4.79 Å². The highest BCUT2D eigenvalue weighted by atomic mass is 16.3. The van der Waals surface area contributed by atoms with Gasteiger partial charge in [0, 0.05) is 11.8 Å². The third-order valence-corrected chi connectivity index (χ3v) is 2.50. The first-order valence-electron chi connectivity index (χ1n) is 5.15. The zero-order chi connectivity index (χ0) is 11.5. The zero-order valence-corrected chi connectivity index (χ0v) is 9.14. The lowest BCUT2D eigenvalue weighted by atomic mass is 10.3. The van der Waals surface area contributed by atoms with Crippen molar-refractivity contribution in [2.24, 2.45) is 5.73 Å². The fourth-order valence-corrected chi connectivity index (χ4v) is 1.60. The topological polar surface area (TPSA) is 61.2 Å². The van der Waals surface area contributed by atoms with E-state index < -0.39 is 0 Å². The van der Waals surface area contributed by atoms with Crippen LogP contribution in [-0.4, -0.2) is 4.57 Å². The molecule has 0 saturated heterocycles. The van der Waals surface area contributed by atoms with Gasteiger partial charge in [-0.25, -0.2) is 0 Å². The van der Waals surface area contributed by atoms with Crippen LogP contribution in [0, 0.1) is 6.92 Å². The molecule has 2 heterocycles. The van der Waals surface area contributed by atoms with Crippen LogP contribution in [0.1, 0.15) is 17.2 Å². The van der Waals surface area contributed by atoms with E-state index in [-0.39, 0.29) is 5.56 Å². The summed E-state index contributed by atoms with van der Waals surface area (Å²) < 4.78 is 7.13. The lowest BCUT2D eigenvalue weighted by Crippen LogP contribution is -2.21. The molecule has 16 heavy (non-hydrogen) atoms. The largest absolute Gasteiger partial charge is 0.463 e. The highest BCUT2D eigenvalue weighted by Crippen LogP contribution is 2.09. The molecule has 2 aromatic rings. The summed E-state index contributed by atoms with van der Waals surface area (Å²) in [6, 6.07) is 8.87. The first kappa shape index (κ1) is 10.7. The fourth-order valence-electron chi connectivity index (χ4n) is 1.60. The molecule has 0 amide bonds. The van der Waals surface area contributed by atoms with Crippen molar-refractivity contribution < 1.29 is 4.42 Å². The Hall–Kier alpha value is -1.81. The molecule has 0 saturated carbocycles. The van der Waals surface area contributed by atoms with Gasteiger partial charge in [-0.2, -0.15) is 0 Å². The Morgan fingerprint density at radius 2 is 2.00 bits per heavy atom. The molecule has 0 aliphatic rings. The summed E-state index contributed by atoms with van der Waals surface area (Å²) in [5.41, 5.74) is 6.35. The molecule has 0 aliphatic heterocycles. The molecule has 0 unspecified atom stereocenters. The van der Waals surface area contributed by atoms with Gasteiger partial charge in [0.25, 0.3) is 5.56 Å². The molecule has 0 aromatic carbocycles. The number of nitrogens with two attached hydrogens (primary N) is 1. The highest BCUT2D eigenvalue weighted by Gasteiger charge is 2.04. The zero-order valence-electron chi connectivity index (χ0n) is 9.14. The smallest absolute Gasteiger partial charge is 0.251 e. The molecule has 84 valence electrons. The lowest BCUT2D eigenvalue weighted by Gasteiger charge is -2.06. The Morgan fingerprint density at radius 3 is 2.62 bits per heavy atom. The minimum atomic E-state index is -0.0225. The van der Waals surface area contributed by atoms with Gasteiger partial charge in [-0.05, 0) is 25.1 Å². The number of furan rings is 1. The van der Waals surface area contributed by atoms with E-state index in [1.54, 1.807) is 16.7 Å². The van der Waals surface area contributed by atoms with Crippen molar-refractivity contribution in [2.45, 2.75) is 20.0 Å². The number of nitrogens with zero attached hydrogens (tertiary/aromatic N) is 1. The molecule has 0 aliphatic carbocycles. The maximum atomic E-state index is 11.6. The van der Waals surface area contributed by atoms with Gasteiger partial charge in [-0.15, -0.1) is 0 Å². The highest BCUT2D eigenvalue weighted by molar-refractivity contribution is 5.11. The van der Waals surface area contributed by atoms with Gasteiger partial charge in [0.05, 0.1) is 13.1 Å². The van der Waals surface area contributed by atoms with E-state index in [0.29, 0.717) is 13.1 Å². The summed E-state index contributed by atoms with van der Waals surface area (Å²) >= 11 is 0. The SMILES string of the molecule is Cc1cccc(=O)n1Cc1ccc(CN)o1. The Morgan fingerprint density at radius 1 is 1.25 bits per heavy atom. The quantitative estimate of drug-likeness (QED) is 0.843. The van der Waals surface area contributed by atoms with Crippen LogP contribution < -0.4 is 11.3 Å². The summed E-state index contributed by atoms with van der Waals surface area (Å²) in [7, 11) is 0. The van der Waals surface area contributed by atoms with E-state index in [2.05, 4.69) is 0 Å². The van der Waals surface area contributed by atoms with Crippen molar-refractivity contribution in [1.82, 2.24) is 4.57 Å². The van der Waals surface area contributed by atoms with E-state index in [0.717, 1.165) is 17.2 Å². The van der Waals surface area contributed by atoms with Crippen LogP contribution in [0.25, 0.3) is 0 Å². The number of aryl methyl sites for hydroxylation is 1. The van der Waals surface area contributed by atoms with E-state index in [4.69, 9.17) is 10.2 Å². The normalized spacial score (nSPS) is 10.6. The molecule has 0 fully saturated rings. The molecule has 2 rings (SSSR count). The molecular weight excluding hydrogens is 204 g/mol. The second-order valence-corrected chi connectivity index (χ2v) is 3.66. The molecule has 2 aromatic heterocycles. The van der Waals surface area contributed by atoms with Gasteiger partial charge in [0.2, 0.25) is 0 Å². The maximum absolute atomic E-state index is 11.6. The van der Waals surface area contributed by atoms with E-state index >= 15 is 0 Å². The Balaban J connectivity index is 2.30. The first-order valence-corrected chi connectivity index (χ1v) is 5.15. The minimum absolute atomic E-state index is 0.0225. The van der Waals surface area contributed by atoms with Gasteiger partial charge >= 0.3 is 0 Å². The number of pyridine rings is 1. The third-order valence-electron chi connectivity index (χ3n) is 2.50. The predicted octanol–water partition coefficient (Wildman–Crippen LogP) is 1.26. The molecule has 0 bridgehead atoms. The van der Waals surface area contributed by atoms with Crippen LogP contribution in [0.3, 0.4) is 0 Å². The predicted molar refractivity (Wildman–Crippen MR) is 61.1 cm³/mol. The van der Waals surface area contributed by atoms with Crippen LogP contribution >= 0.6 is 0 Å². The van der Waals surface area contributed by atoms with Gasteiger partial charge in [0.15, 0.2) is 0 Å². The second-order valence-electron chi connectivity index (χ2n) is 3.66. The number of hydrogen-bond acceptors (Lipinski definition) is 3. The molecule has 4 heteroatoms. The summed E-state index contributed by atoms with van der Waals surface area (Å²) in [6.07, 6.45) is 0. The maximum Gasteiger partial charge on any atom is 0.251 e. The summed E-state index contributed by atoms with van der Waals surface area (Å²) in [5.74, 6) is 1.48. The van der Waals surface area contributed by atoms with E-state index in [1.165, 1.54) is 0 Å². The Kier molecular flexibility index (Phi) is 2.92. The van der Waals surface area contributed by atoms with E-state index in [1.807, 2.05) is 25.1 Å². The molecule has 0 radical (unpaired) electrons. The van der Waals surface area contributed by atoms with Crippen molar-refractivity contribution in [3.8, 4) is 0 Å². The van der Waals surface area contributed by atoms with Gasteiger partial charge in [0.1, 0.15) is 11.5 Å². The molecular formula is C12H14N2O2. The summed E-state index contributed by atoms with van der Waals surface area (Å²) in [6.45, 7) is 2.72. The van der Waals surface area contributed by atoms with Crippen LogP contribution in [0.5, 0.6) is 0 Å². The standard InChI is InChI=1S/C12H14N2O2/c1-9-3-2-4-12(15)14(9)8-11-6-5-10(7-13)16-11/h2-6H,7-8,13H2,1H3. The van der Waals surface area contributed by atoms with Gasteiger partial charge < -0.3 is 14.7 Å². The van der Waals surface area contributed by atoms with Crippen molar-refractivity contribution in [3.05, 3.63) is 57.9 Å². The lowest BCUT2D eigenvalue weighted by molar-refractivity contribution is 0.450. The summed E-state index contributed by atoms with van der Waals surface area (Å²) in [5, 5.41) is 0. The molecule has 2 N–H and O–H groups in total. The number of aromatic nitrogens is 1. The average molecular weight is 218 g/mol. The Bertz CT molecular complexity index is 540. The van der Waals surface area contributed by atoms with Gasteiger partial charge in [-0.1, -0.05) is 6.07 Å². The van der Waals surface area contributed by atoms with Crippen molar-refractivity contribution >= 4 is 0 Å². The molecule has 0 spiro atoms.